The Morgan fingerprint density at radius 3 is 2.87 bits per heavy atom. The molecule has 0 spiro atoms. The first-order valence-electron chi connectivity index (χ1n) is 12.2. The molecular weight excluding hydrogens is 515 g/mol. The highest BCUT2D eigenvalue weighted by atomic mass is 35.5. The first-order chi connectivity index (χ1) is 18.4. The molecule has 11 nitrogen and oxygen atoms in total. The summed E-state index contributed by atoms with van der Waals surface area (Å²) in [6.07, 6.45) is 10.8. The fourth-order valence-electron chi connectivity index (χ4n) is 4.80. The number of ether oxygens (including phenoxy) is 1. The minimum Gasteiger partial charge on any atom is -0.380 e. The van der Waals surface area contributed by atoms with Crippen LogP contribution in [0.25, 0.3) is 11.2 Å². The molecule has 13 heteroatoms. The van der Waals surface area contributed by atoms with Gasteiger partial charge in [-0.25, -0.2) is 19.0 Å². The Morgan fingerprint density at radius 1 is 1.26 bits per heavy atom. The highest BCUT2D eigenvalue weighted by Gasteiger charge is 2.41. The highest BCUT2D eigenvalue weighted by molar-refractivity contribution is 6.31. The molecule has 5 aromatic heterocycles. The lowest BCUT2D eigenvalue weighted by Crippen LogP contribution is -2.46. The van der Waals surface area contributed by atoms with Gasteiger partial charge in [0.25, 0.3) is 5.91 Å². The van der Waals surface area contributed by atoms with E-state index in [0.717, 1.165) is 18.4 Å². The topological polar surface area (TPSA) is 124 Å². The third-order valence-electron chi connectivity index (χ3n) is 7.03. The molecule has 6 heterocycles. The molecule has 1 saturated carbocycles. The van der Waals surface area contributed by atoms with Crippen molar-refractivity contribution in [2.75, 3.05) is 13.2 Å². The van der Waals surface area contributed by atoms with Gasteiger partial charge in [-0.15, -0.1) is 5.10 Å². The molecule has 0 atom stereocenters. The van der Waals surface area contributed by atoms with Gasteiger partial charge < -0.3 is 24.0 Å². The number of hydrogen-bond donors (Lipinski definition) is 2. The normalized spacial score (nSPS) is 16.7. The zero-order chi connectivity index (χ0) is 26.0. The Bertz CT molecular complexity index is 1720. The summed E-state index contributed by atoms with van der Waals surface area (Å²) < 4.78 is 24.7. The van der Waals surface area contributed by atoms with E-state index in [4.69, 9.17) is 21.3 Å². The van der Waals surface area contributed by atoms with E-state index in [0.29, 0.717) is 23.0 Å². The zero-order valence-electron chi connectivity index (χ0n) is 20.0. The first kappa shape index (κ1) is 23.3. The molecular formula is C25H22ClFN8O3. The quantitative estimate of drug-likeness (QED) is 0.327. The highest BCUT2D eigenvalue weighted by Crippen LogP contribution is 2.42. The van der Waals surface area contributed by atoms with Crippen molar-refractivity contribution in [1.29, 1.82) is 0 Å². The Balaban J connectivity index is 1.09. The lowest BCUT2D eigenvalue weighted by Gasteiger charge is -2.37. The molecule has 2 fully saturated rings. The number of pyridine rings is 2. The molecule has 2 aliphatic rings. The summed E-state index contributed by atoms with van der Waals surface area (Å²) in [5.41, 5.74) is 2.94. The maximum Gasteiger partial charge on any atom is 0.273 e. The van der Waals surface area contributed by atoms with E-state index in [-0.39, 0.29) is 42.5 Å². The number of fused-ring (bicyclic) bond motifs is 2. The van der Waals surface area contributed by atoms with Crippen LogP contribution in [0.5, 0.6) is 0 Å². The van der Waals surface area contributed by atoms with E-state index in [1.54, 1.807) is 6.20 Å². The van der Waals surface area contributed by atoms with Crippen molar-refractivity contribution in [3.05, 3.63) is 82.3 Å². The summed E-state index contributed by atoms with van der Waals surface area (Å²) in [6.45, 7) is 0.763. The van der Waals surface area contributed by atoms with E-state index < -0.39 is 17.3 Å². The number of hydrogen-bond acceptors (Lipinski definition) is 7. The monoisotopic (exact) mass is 536 g/mol. The van der Waals surface area contributed by atoms with Gasteiger partial charge >= 0.3 is 0 Å². The second-order valence-corrected chi connectivity index (χ2v) is 10.3. The van der Waals surface area contributed by atoms with E-state index in [9.17, 15) is 14.3 Å². The maximum absolute atomic E-state index is 14.4. The number of aromatic nitrogens is 7. The fourth-order valence-corrected chi connectivity index (χ4v) is 4.94. The summed E-state index contributed by atoms with van der Waals surface area (Å²) >= 11 is 5.89. The average Bonchev–Trinajstić information content (AvgIpc) is 3.29. The van der Waals surface area contributed by atoms with Gasteiger partial charge in [-0.05, 0) is 36.5 Å². The summed E-state index contributed by atoms with van der Waals surface area (Å²) in [5.74, 6) is -0.560. The molecule has 1 aliphatic carbocycles. The van der Waals surface area contributed by atoms with Crippen LogP contribution in [-0.2, 0) is 23.4 Å². The van der Waals surface area contributed by atoms with Gasteiger partial charge in [0.1, 0.15) is 16.8 Å². The first-order valence-corrected chi connectivity index (χ1v) is 12.6. The number of nitrogens with one attached hydrogen (secondary N) is 1. The number of carbonyl (C=O) groups is 1. The predicted octanol–water partition coefficient (Wildman–Crippen LogP) is 2.44. The number of halogens is 2. The Hall–Kier alpha value is -3.87. The smallest absolute Gasteiger partial charge is 0.273 e. The van der Waals surface area contributed by atoms with E-state index >= 15 is 0 Å². The summed E-state index contributed by atoms with van der Waals surface area (Å²) in [4.78, 5) is 21.6. The van der Waals surface area contributed by atoms with Crippen molar-refractivity contribution in [3.8, 4) is 0 Å². The van der Waals surface area contributed by atoms with Crippen LogP contribution in [0.3, 0.4) is 0 Å². The molecule has 194 valence electrons. The van der Waals surface area contributed by atoms with Crippen molar-refractivity contribution >= 4 is 28.7 Å². The molecule has 2 N–H and O–H groups in total. The fraction of sp³-hybridized carbons (Fsp3) is 0.320. The molecule has 7 rings (SSSR count). The van der Waals surface area contributed by atoms with E-state index in [1.807, 2.05) is 16.7 Å². The zero-order valence-corrected chi connectivity index (χ0v) is 20.8. The lowest BCUT2D eigenvalue weighted by molar-refractivity contribution is -0.184. The third-order valence-corrected chi connectivity index (χ3v) is 7.33. The molecule has 1 amide bonds. The van der Waals surface area contributed by atoms with Crippen molar-refractivity contribution < 1.29 is 19.0 Å². The van der Waals surface area contributed by atoms with E-state index in [2.05, 4.69) is 26.8 Å². The van der Waals surface area contributed by atoms with Crippen LogP contribution in [-0.4, -0.2) is 58.0 Å². The molecule has 0 unspecified atom stereocenters. The number of carbonyl (C=O) groups excluding carboxylic acids is 1. The van der Waals surface area contributed by atoms with Crippen LogP contribution >= 0.6 is 11.6 Å². The number of nitrogens with zero attached hydrogens (tertiary/aromatic N) is 7. The SMILES string of the molecule is O=C(NCc1ncn2ccc(Cl)c(F)c12)c1cn(Cc2cn3cc(C4CC4)cc(C4(O)COC4)c3n2)nn1. The van der Waals surface area contributed by atoms with Crippen molar-refractivity contribution in [2.24, 2.45) is 0 Å². The molecule has 1 aliphatic heterocycles. The van der Waals surface area contributed by atoms with Gasteiger partial charge in [0, 0.05) is 24.2 Å². The molecule has 5 aromatic rings. The number of amides is 1. The number of aliphatic hydroxyl groups is 1. The predicted molar refractivity (Wildman–Crippen MR) is 132 cm³/mol. The molecule has 38 heavy (non-hydrogen) atoms. The lowest BCUT2D eigenvalue weighted by atomic mass is 9.91. The standard InChI is InChI=1S/C25H22ClFN8O3/c26-18-3-4-33-13-29-19(22(33)21(18)27)6-28-24(36)20-10-35(32-31-20)9-16-8-34-7-15(14-1-2-14)5-17(23(34)30-16)25(37)11-38-12-25/h3-5,7-8,10,13-14,37H,1-2,6,9,11-12H2,(H,28,36). The van der Waals surface area contributed by atoms with Gasteiger partial charge in [-0.2, -0.15) is 0 Å². The van der Waals surface area contributed by atoms with Gasteiger partial charge in [-0.1, -0.05) is 16.8 Å². The summed E-state index contributed by atoms with van der Waals surface area (Å²) in [7, 11) is 0. The third kappa shape index (κ3) is 3.92. The molecule has 0 bridgehead atoms. The van der Waals surface area contributed by atoms with Crippen LogP contribution in [0.1, 0.15) is 51.8 Å². The second kappa shape index (κ2) is 8.58. The summed E-state index contributed by atoms with van der Waals surface area (Å²) in [5, 5.41) is 21.7. The number of imidazole rings is 2. The summed E-state index contributed by atoms with van der Waals surface area (Å²) in [6, 6.07) is 3.49. The molecule has 1 saturated heterocycles. The molecule has 0 radical (unpaired) electrons. The molecule has 0 aromatic carbocycles. The van der Waals surface area contributed by atoms with Crippen LogP contribution in [0.2, 0.25) is 5.02 Å². The van der Waals surface area contributed by atoms with Crippen LogP contribution in [0, 0.1) is 5.82 Å². The van der Waals surface area contributed by atoms with Crippen LogP contribution in [0.4, 0.5) is 4.39 Å². The number of rotatable bonds is 7. The Labute approximate surface area is 219 Å². The van der Waals surface area contributed by atoms with Crippen molar-refractivity contribution in [2.45, 2.75) is 37.5 Å². The van der Waals surface area contributed by atoms with Crippen molar-refractivity contribution in [1.82, 2.24) is 39.1 Å². The van der Waals surface area contributed by atoms with E-state index in [1.165, 1.54) is 33.2 Å². The Kier molecular flexibility index (Phi) is 5.25. The van der Waals surface area contributed by atoms with Crippen LogP contribution < -0.4 is 5.32 Å². The van der Waals surface area contributed by atoms with Gasteiger partial charge in [0.15, 0.2) is 11.5 Å². The van der Waals surface area contributed by atoms with Crippen LogP contribution in [0.15, 0.2) is 43.2 Å². The Morgan fingerprint density at radius 2 is 2.11 bits per heavy atom. The minimum atomic E-state index is -1.04. The van der Waals surface area contributed by atoms with Crippen molar-refractivity contribution in [3.63, 3.8) is 0 Å². The average molecular weight is 537 g/mol. The maximum atomic E-state index is 14.4. The largest absolute Gasteiger partial charge is 0.380 e. The second-order valence-electron chi connectivity index (χ2n) is 9.86. The van der Waals surface area contributed by atoms with Gasteiger partial charge in [0.05, 0.1) is 55.2 Å². The van der Waals surface area contributed by atoms with Gasteiger partial charge in [-0.3, -0.25) is 4.79 Å². The minimum absolute atomic E-state index is 0.00931. The van der Waals surface area contributed by atoms with Gasteiger partial charge in [0.2, 0.25) is 0 Å².